The molecule has 3 nitrogen and oxygen atoms in total. The summed E-state index contributed by atoms with van der Waals surface area (Å²) in [5, 5.41) is 7.80. The Bertz CT molecular complexity index is 537. The first-order valence-corrected chi connectivity index (χ1v) is 6.61. The van der Waals surface area contributed by atoms with E-state index in [1.165, 1.54) is 0 Å². The average molecular weight is 309 g/mol. The monoisotopic (exact) mass is 308 g/mol. The van der Waals surface area contributed by atoms with Gasteiger partial charge in [0.05, 0.1) is 11.8 Å². The molecule has 2 rings (SSSR count). The summed E-state index contributed by atoms with van der Waals surface area (Å²) in [5.41, 5.74) is 4.02. The zero-order valence-electron chi connectivity index (χ0n) is 8.76. The molecule has 1 heterocycles. The third-order valence-electron chi connectivity index (χ3n) is 2.04. The zero-order chi connectivity index (χ0) is 12.1. The molecule has 0 saturated heterocycles. The lowest BCUT2D eigenvalue weighted by molar-refractivity contribution is 0.0954. The van der Waals surface area contributed by atoms with Crippen LogP contribution in [0.2, 0.25) is 0 Å². The fourth-order valence-corrected chi connectivity index (χ4v) is 2.30. The number of thiophene rings is 1. The summed E-state index contributed by atoms with van der Waals surface area (Å²) in [4.78, 5) is 11.7. The topological polar surface area (TPSA) is 41.5 Å². The third kappa shape index (κ3) is 3.25. The summed E-state index contributed by atoms with van der Waals surface area (Å²) in [7, 11) is 0. The van der Waals surface area contributed by atoms with Crippen LogP contribution in [0.1, 0.15) is 15.9 Å². The number of carbonyl (C=O) groups excluding carboxylic acids is 1. The van der Waals surface area contributed by atoms with Gasteiger partial charge in [0.15, 0.2) is 0 Å². The summed E-state index contributed by atoms with van der Waals surface area (Å²) >= 11 is 4.90. The van der Waals surface area contributed by atoms with Crippen molar-refractivity contribution in [2.75, 3.05) is 0 Å². The van der Waals surface area contributed by atoms with Crippen LogP contribution in [0.15, 0.2) is 50.7 Å². The maximum Gasteiger partial charge on any atom is 0.272 e. The molecule has 1 aromatic carbocycles. The van der Waals surface area contributed by atoms with Crippen molar-refractivity contribution in [2.45, 2.75) is 0 Å². The van der Waals surface area contributed by atoms with Crippen LogP contribution in [0.5, 0.6) is 0 Å². The predicted octanol–water partition coefficient (Wildman–Crippen LogP) is 3.27. The van der Waals surface area contributed by atoms with E-state index in [4.69, 9.17) is 0 Å². The Kier molecular flexibility index (Phi) is 4.06. The molecule has 0 aliphatic heterocycles. The van der Waals surface area contributed by atoms with E-state index in [0.717, 1.165) is 10.0 Å². The Morgan fingerprint density at radius 1 is 1.35 bits per heavy atom. The Hall–Kier alpha value is -1.46. The lowest BCUT2D eigenvalue weighted by Crippen LogP contribution is -2.17. The molecule has 0 aliphatic rings. The standard InChI is InChI=1S/C12H9BrN2OS/c13-11-4-2-1-3-10(11)12(16)15-14-7-9-5-6-17-8-9/h1-8H,(H,15,16)/b14-7+. The minimum absolute atomic E-state index is 0.232. The van der Waals surface area contributed by atoms with E-state index in [1.54, 1.807) is 23.6 Å². The SMILES string of the molecule is O=C(N/N=C/c1ccsc1)c1ccccc1Br. The van der Waals surface area contributed by atoms with Crippen molar-refractivity contribution in [3.8, 4) is 0 Å². The molecule has 5 heteroatoms. The van der Waals surface area contributed by atoms with Crippen LogP contribution in [0.25, 0.3) is 0 Å². The number of amides is 1. The van der Waals surface area contributed by atoms with Crippen LogP contribution in [-0.2, 0) is 0 Å². The molecule has 0 saturated carbocycles. The summed E-state index contributed by atoms with van der Waals surface area (Å²) in [6.07, 6.45) is 1.62. The van der Waals surface area contributed by atoms with Crippen LogP contribution in [0, 0.1) is 0 Å². The van der Waals surface area contributed by atoms with Crippen molar-refractivity contribution in [3.05, 3.63) is 56.7 Å². The van der Waals surface area contributed by atoms with Crippen molar-refractivity contribution >= 4 is 39.4 Å². The van der Waals surface area contributed by atoms with Gasteiger partial charge in [-0.05, 0) is 44.9 Å². The van der Waals surface area contributed by atoms with Crippen LogP contribution >= 0.6 is 27.3 Å². The number of halogens is 1. The first-order chi connectivity index (χ1) is 8.27. The van der Waals surface area contributed by atoms with Gasteiger partial charge >= 0.3 is 0 Å². The molecule has 2 aromatic rings. The van der Waals surface area contributed by atoms with Crippen LogP contribution in [0.3, 0.4) is 0 Å². The Labute approximate surface area is 111 Å². The number of hydrazone groups is 1. The summed E-state index contributed by atoms with van der Waals surface area (Å²) in [6.45, 7) is 0. The van der Waals surface area contributed by atoms with Gasteiger partial charge < -0.3 is 0 Å². The number of carbonyl (C=O) groups is 1. The van der Waals surface area contributed by atoms with E-state index >= 15 is 0 Å². The van der Waals surface area contributed by atoms with Gasteiger partial charge in [0.1, 0.15) is 0 Å². The zero-order valence-corrected chi connectivity index (χ0v) is 11.2. The quantitative estimate of drug-likeness (QED) is 0.686. The number of benzene rings is 1. The molecule has 0 bridgehead atoms. The van der Waals surface area contributed by atoms with Crippen molar-refractivity contribution in [3.63, 3.8) is 0 Å². The molecule has 1 aromatic heterocycles. The average Bonchev–Trinajstić information content (AvgIpc) is 2.82. The molecule has 0 fully saturated rings. The first kappa shape index (κ1) is 12.0. The van der Waals surface area contributed by atoms with Gasteiger partial charge in [-0.1, -0.05) is 12.1 Å². The Morgan fingerprint density at radius 3 is 2.88 bits per heavy atom. The van der Waals surface area contributed by atoms with Crippen molar-refractivity contribution < 1.29 is 4.79 Å². The molecule has 1 N–H and O–H groups in total. The molecule has 0 atom stereocenters. The highest BCUT2D eigenvalue weighted by Crippen LogP contribution is 2.15. The molecule has 0 aliphatic carbocycles. The van der Waals surface area contributed by atoms with Gasteiger partial charge in [-0.3, -0.25) is 4.79 Å². The number of nitrogens with one attached hydrogen (secondary N) is 1. The third-order valence-corrected chi connectivity index (χ3v) is 3.43. The molecule has 0 unspecified atom stereocenters. The minimum atomic E-state index is -0.232. The summed E-state index contributed by atoms with van der Waals surface area (Å²) < 4.78 is 0.753. The van der Waals surface area contributed by atoms with Gasteiger partial charge in [-0.2, -0.15) is 16.4 Å². The summed E-state index contributed by atoms with van der Waals surface area (Å²) in [6, 6.07) is 9.15. The number of rotatable bonds is 3. The molecule has 0 radical (unpaired) electrons. The van der Waals surface area contributed by atoms with E-state index in [0.29, 0.717) is 5.56 Å². The van der Waals surface area contributed by atoms with Crippen molar-refractivity contribution in [1.82, 2.24) is 5.43 Å². The van der Waals surface area contributed by atoms with Crippen LogP contribution < -0.4 is 5.43 Å². The molecule has 17 heavy (non-hydrogen) atoms. The normalized spacial score (nSPS) is 10.6. The number of hydrogen-bond donors (Lipinski definition) is 1. The van der Waals surface area contributed by atoms with E-state index in [1.807, 2.05) is 35.0 Å². The van der Waals surface area contributed by atoms with Gasteiger partial charge in [0.2, 0.25) is 0 Å². The second-order valence-electron chi connectivity index (χ2n) is 3.24. The smallest absolute Gasteiger partial charge is 0.267 e. The van der Waals surface area contributed by atoms with Crippen molar-refractivity contribution in [1.29, 1.82) is 0 Å². The first-order valence-electron chi connectivity index (χ1n) is 4.87. The highest BCUT2D eigenvalue weighted by molar-refractivity contribution is 9.10. The maximum atomic E-state index is 11.7. The van der Waals surface area contributed by atoms with Crippen molar-refractivity contribution in [2.24, 2.45) is 5.10 Å². The summed E-state index contributed by atoms with van der Waals surface area (Å²) in [5.74, 6) is -0.232. The second-order valence-corrected chi connectivity index (χ2v) is 4.87. The van der Waals surface area contributed by atoms with E-state index in [2.05, 4.69) is 26.5 Å². The molecular weight excluding hydrogens is 300 g/mol. The predicted molar refractivity (Wildman–Crippen MR) is 73.5 cm³/mol. The largest absolute Gasteiger partial charge is 0.272 e. The maximum absolute atomic E-state index is 11.7. The van der Waals surface area contributed by atoms with Gasteiger partial charge in [0.25, 0.3) is 5.91 Å². The fourth-order valence-electron chi connectivity index (χ4n) is 1.22. The Balaban J connectivity index is 2.01. The number of nitrogens with zero attached hydrogens (tertiary/aromatic N) is 1. The van der Waals surface area contributed by atoms with Crippen LogP contribution in [0.4, 0.5) is 0 Å². The highest BCUT2D eigenvalue weighted by Gasteiger charge is 2.07. The van der Waals surface area contributed by atoms with Gasteiger partial charge in [0, 0.05) is 10.0 Å². The van der Waals surface area contributed by atoms with Crippen LogP contribution in [-0.4, -0.2) is 12.1 Å². The lowest BCUT2D eigenvalue weighted by Gasteiger charge is -2.01. The molecule has 0 spiro atoms. The number of hydrogen-bond acceptors (Lipinski definition) is 3. The van der Waals surface area contributed by atoms with Gasteiger partial charge in [-0.25, -0.2) is 5.43 Å². The fraction of sp³-hybridized carbons (Fsp3) is 0. The lowest BCUT2D eigenvalue weighted by atomic mass is 10.2. The molecular formula is C12H9BrN2OS. The van der Waals surface area contributed by atoms with E-state index in [9.17, 15) is 4.79 Å². The second kappa shape index (κ2) is 5.75. The molecule has 86 valence electrons. The Morgan fingerprint density at radius 2 is 2.18 bits per heavy atom. The minimum Gasteiger partial charge on any atom is -0.267 e. The van der Waals surface area contributed by atoms with Gasteiger partial charge in [-0.15, -0.1) is 0 Å². The highest BCUT2D eigenvalue weighted by atomic mass is 79.9. The van der Waals surface area contributed by atoms with E-state index in [-0.39, 0.29) is 5.91 Å². The molecule has 1 amide bonds. The van der Waals surface area contributed by atoms with E-state index < -0.39 is 0 Å².